The quantitative estimate of drug-likeness (QED) is 0.457. The van der Waals surface area contributed by atoms with Crippen LogP contribution in [0.15, 0.2) is 52.3 Å². The summed E-state index contributed by atoms with van der Waals surface area (Å²) in [5, 5.41) is 12.7. The molecule has 1 atom stereocenters. The zero-order valence-electron chi connectivity index (χ0n) is 19.7. The first kappa shape index (κ1) is 25.5. The van der Waals surface area contributed by atoms with E-state index in [9.17, 15) is 17.7 Å². The highest BCUT2D eigenvalue weighted by atomic mass is 32.2. The van der Waals surface area contributed by atoms with E-state index in [2.05, 4.69) is 5.32 Å². The predicted octanol–water partition coefficient (Wildman–Crippen LogP) is 4.32. The number of sulfonamides is 1. The Kier molecular flexibility index (Phi) is 7.76. The van der Waals surface area contributed by atoms with Gasteiger partial charge in [-0.15, -0.1) is 0 Å². The molecule has 33 heavy (non-hydrogen) atoms. The lowest BCUT2D eigenvalue weighted by atomic mass is 9.82. The molecule has 2 aromatic carbocycles. The summed E-state index contributed by atoms with van der Waals surface area (Å²) >= 11 is 0. The number of aliphatic hydroxyl groups excluding tert-OH is 1. The molecule has 0 amide bonds. The molecule has 0 heterocycles. The fourth-order valence-corrected chi connectivity index (χ4v) is 6.59. The largest absolute Gasteiger partial charge is 0.393 e. The molecule has 0 saturated heterocycles. The molecular formula is C24H35N3O4S2. The molecule has 0 bridgehead atoms. The van der Waals surface area contributed by atoms with Gasteiger partial charge in [-0.2, -0.15) is 0 Å². The lowest BCUT2D eigenvalue weighted by molar-refractivity contribution is 0.0486. The Labute approximate surface area is 198 Å². The van der Waals surface area contributed by atoms with Gasteiger partial charge >= 0.3 is 0 Å². The molecule has 9 heteroatoms. The molecule has 0 aliphatic heterocycles. The second-order valence-electron chi connectivity index (χ2n) is 9.32. The maximum Gasteiger partial charge on any atom is 0.264 e. The van der Waals surface area contributed by atoms with E-state index in [4.69, 9.17) is 4.78 Å². The summed E-state index contributed by atoms with van der Waals surface area (Å²) in [6.45, 7) is 6.85. The maximum absolute atomic E-state index is 13.7. The Morgan fingerprint density at radius 3 is 2.27 bits per heavy atom. The summed E-state index contributed by atoms with van der Waals surface area (Å²) in [7, 11) is -7.12. The van der Waals surface area contributed by atoms with Crippen LogP contribution in [-0.2, 0) is 26.2 Å². The van der Waals surface area contributed by atoms with Crippen LogP contribution in [0.4, 0.5) is 11.4 Å². The Balaban J connectivity index is 1.98. The fraction of sp³-hybridized carbons (Fsp3) is 0.500. The third-order valence-electron chi connectivity index (χ3n) is 5.92. The number of benzene rings is 2. The highest BCUT2D eigenvalue weighted by molar-refractivity contribution is 7.93. The standard InChI is InChI=1S/C24H35N3O4S2/c1-5-18-6-8-20(9-7-18)27(16-17(2)3)33(30,31)22-10-11-23(24(14-22)32(4,25)29)26-15-19-12-21(28)13-19/h6-11,14,17,19,21,25-26,28H,5,12-13,15-16H2,1-4H3. The number of anilines is 2. The van der Waals surface area contributed by atoms with Crippen LogP contribution >= 0.6 is 0 Å². The summed E-state index contributed by atoms with van der Waals surface area (Å²) in [5.41, 5.74) is 2.20. The molecule has 1 aliphatic rings. The summed E-state index contributed by atoms with van der Waals surface area (Å²) in [6.07, 6.45) is 3.31. The molecule has 0 radical (unpaired) electrons. The first-order valence-corrected chi connectivity index (χ1v) is 14.7. The van der Waals surface area contributed by atoms with Crippen LogP contribution < -0.4 is 9.62 Å². The summed E-state index contributed by atoms with van der Waals surface area (Å²) in [4.78, 5) is 0.193. The van der Waals surface area contributed by atoms with Crippen molar-refractivity contribution in [3.05, 3.63) is 48.0 Å². The van der Waals surface area contributed by atoms with Gasteiger partial charge in [-0.1, -0.05) is 32.9 Å². The van der Waals surface area contributed by atoms with Crippen molar-refractivity contribution in [2.24, 2.45) is 11.8 Å². The van der Waals surface area contributed by atoms with Gasteiger partial charge in [0.25, 0.3) is 10.0 Å². The average Bonchev–Trinajstić information content (AvgIpc) is 2.73. The van der Waals surface area contributed by atoms with E-state index in [0.29, 0.717) is 43.2 Å². The fourth-order valence-electron chi connectivity index (χ4n) is 3.95. The van der Waals surface area contributed by atoms with Gasteiger partial charge in [-0.05, 0) is 67.0 Å². The highest BCUT2D eigenvalue weighted by Gasteiger charge is 2.29. The van der Waals surface area contributed by atoms with Crippen LogP contribution in [-0.4, -0.2) is 43.2 Å². The van der Waals surface area contributed by atoms with Crippen LogP contribution in [0.3, 0.4) is 0 Å². The minimum atomic E-state index is -3.94. The van der Waals surface area contributed by atoms with E-state index >= 15 is 0 Å². The number of rotatable bonds is 10. The van der Waals surface area contributed by atoms with Gasteiger partial charge in [0.1, 0.15) is 0 Å². The summed E-state index contributed by atoms with van der Waals surface area (Å²) in [6, 6.07) is 12.0. The molecule has 2 aromatic rings. The molecule has 0 aromatic heterocycles. The average molecular weight is 494 g/mol. The second-order valence-corrected chi connectivity index (χ2v) is 13.3. The van der Waals surface area contributed by atoms with Gasteiger partial charge in [-0.3, -0.25) is 4.31 Å². The lowest BCUT2D eigenvalue weighted by Gasteiger charge is -2.32. The van der Waals surface area contributed by atoms with E-state index < -0.39 is 19.8 Å². The molecule has 3 rings (SSSR count). The minimum Gasteiger partial charge on any atom is -0.393 e. The highest BCUT2D eigenvalue weighted by Crippen LogP contribution is 2.32. The number of aliphatic hydroxyl groups is 1. The molecule has 7 nitrogen and oxygen atoms in total. The van der Waals surface area contributed by atoms with E-state index in [-0.39, 0.29) is 21.8 Å². The third-order valence-corrected chi connectivity index (χ3v) is 8.88. The number of nitrogens with one attached hydrogen (secondary N) is 2. The first-order valence-electron chi connectivity index (χ1n) is 11.3. The van der Waals surface area contributed by atoms with Gasteiger partial charge in [0.2, 0.25) is 0 Å². The zero-order valence-corrected chi connectivity index (χ0v) is 21.4. The second kappa shape index (κ2) is 10.0. The van der Waals surface area contributed by atoms with Crippen molar-refractivity contribution < 1.29 is 17.7 Å². The van der Waals surface area contributed by atoms with Crippen molar-refractivity contribution in [3.63, 3.8) is 0 Å². The van der Waals surface area contributed by atoms with Gasteiger partial charge < -0.3 is 10.4 Å². The summed E-state index contributed by atoms with van der Waals surface area (Å²) < 4.78 is 49.7. The van der Waals surface area contributed by atoms with Crippen LogP contribution in [0.5, 0.6) is 0 Å². The van der Waals surface area contributed by atoms with E-state index in [1.165, 1.54) is 22.7 Å². The normalized spacial score (nSPS) is 20.2. The molecular weight excluding hydrogens is 458 g/mol. The zero-order chi connectivity index (χ0) is 24.4. The van der Waals surface area contributed by atoms with Crippen molar-refractivity contribution in [2.45, 2.75) is 55.9 Å². The molecule has 0 spiro atoms. The smallest absolute Gasteiger partial charge is 0.264 e. The van der Waals surface area contributed by atoms with Crippen molar-refractivity contribution >= 4 is 31.1 Å². The topological polar surface area (TPSA) is 111 Å². The monoisotopic (exact) mass is 493 g/mol. The van der Waals surface area contributed by atoms with E-state index in [0.717, 1.165) is 12.0 Å². The molecule has 1 unspecified atom stereocenters. The van der Waals surface area contributed by atoms with Crippen molar-refractivity contribution in [2.75, 3.05) is 29.0 Å². The predicted molar refractivity (Wildman–Crippen MR) is 134 cm³/mol. The molecule has 3 N–H and O–H groups in total. The Bertz CT molecular complexity index is 1170. The van der Waals surface area contributed by atoms with Crippen molar-refractivity contribution in [1.82, 2.24) is 0 Å². The van der Waals surface area contributed by atoms with Gasteiger partial charge in [0.15, 0.2) is 0 Å². The Hall–Kier alpha value is -2.10. The molecule has 1 saturated carbocycles. The Morgan fingerprint density at radius 1 is 1.12 bits per heavy atom. The third kappa shape index (κ3) is 6.07. The molecule has 182 valence electrons. The SMILES string of the molecule is CCc1ccc(N(CC(C)C)S(=O)(=O)c2ccc(NCC3CC(O)C3)c(S(C)(=N)=O)c2)cc1. The minimum absolute atomic E-state index is 0.0177. The number of aryl methyl sites for hydroxylation is 1. The van der Waals surface area contributed by atoms with Crippen LogP contribution in [0.1, 0.15) is 39.2 Å². The molecule has 1 aliphatic carbocycles. The van der Waals surface area contributed by atoms with Crippen LogP contribution in [0.25, 0.3) is 0 Å². The number of nitrogens with zero attached hydrogens (tertiary/aromatic N) is 1. The summed E-state index contributed by atoms with van der Waals surface area (Å²) in [5.74, 6) is 0.401. The first-order chi connectivity index (χ1) is 15.4. The van der Waals surface area contributed by atoms with Gasteiger partial charge in [-0.25, -0.2) is 17.4 Å². The molecule has 1 fully saturated rings. The number of hydrogen-bond donors (Lipinski definition) is 3. The van der Waals surface area contributed by atoms with Crippen LogP contribution in [0.2, 0.25) is 0 Å². The van der Waals surface area contributed by atoms with Gasteiger partial charge in [0, 0.05) is 19.3 Å². The lowest BCUT2D eigenvalue weighted by Crippen LogP contribution is -2.34. The van der Waals surface area contributed by atoms with Gasteiger partial charge in [0.05, 0.1) is 37.0 Å². The van der Waals surface area contributed by atoms with Crippen LogP contribution in [0, 0.1) is 16.6 Å². The van der Waals surface area contributed by atoms with E-state index in [1.54, 1.807) is 6.07 Å². The maximum atomic E-state index is 13.7. The van der Waals surface area contributed by atoms with E-state index in [1.807, 2.05) is 45.0 Å². The Morgan fingerprint density at radius 2 is 1.76 bits per heavy atom. The van der Waals surface area contributed by atoms with Crippen molar-refractivity contribution in [1.29, 1.82) is 4.78 Å². The number of hydrogen-bond acceptors (Lipinski definition) is 6. The van der Waals surface area contributed by atoms with Crippen molar-refractivity contribution in [3.8, 4) is 0 Å².